The first-order valence-electron chi connectivity index (χ1n) is 7.43. The average molecular weight is 321 g/mol. The van der Waals surface area contributed by atoms with E-state index >= 15 is 0 Å². The Morgan fingerprint density at radius 3 is 2.70 bits per heavy atom. The zero-order valence-electron chi connectivity index (χ0n) is 12.4. The molecule has 5 heteroatoms. The molecule has 0 atom stereocenters. The fraction of sp³-hybridized carbons (Fsp3) is 0.111. The first-order valence-corrected chi connectivity index (χ1v) is 8.24. The molecule has 3 heterocycles. The van der Waals surface area contributed by atoms with E-state index in [9.17, 15) is 4.79 Å². The van der Waals surface area contributed by atoms with Crippen LogP contribution in [0.15, 0.2) is 48.8 Å². The van der Waals surface area contributed by atoms with Crippen molar-refractivity contribution in [2.45, 2.75) is 6.42 Å². The molecule has 3 aromatic rings. The normalized spacial score (nSPS) is 13.5. The van der Waals surface area contributed by atoms with Gasteiger partial charge in [0.05, 0.1) is 5.69 Å². The Balaban J connectivity index is 1.72. The summed E-state index contributed by atoms with van der Waals surface area (Å²) < 4.78 is 0. The number of pyridine rings is 1. The number of fused-ring (bicyclic) bond motifs is 1. The van der Waals surface area contributed by atoms with Gasteiger partial charge < -0.3 is 11.1 Å². The van der Waals surface area contributed by atoms with Crippen LogP contribution < -0.4 is 11.1 Å². The molecule has 0 saturated heterocycles. The molecule has 0 fully saturated rings. The van der Waals surface area contributed by atoms with E-state index in [0.717, 1.165) is 45.0 Å². The van der Waals surface area contributed by atoms with Gasteiger partial charge in [-0.25, -0.2) is 0 Å². The van der Waals surface area contributed by atoms with Crippen LogP contribution in [0.5, 0.6) is 0 Å². The van der Waals surface area contributed by atoms with Gasteiger partial charge in [0.25, 0.3) is 5.91 Å². The van der Waals surface area contributed by atoms with Crippen molar-refractivity contribution >= 4 is 22.9 Å². The van der Waals surface area contributed by atoms with E-state index in [0.29, 0.717) is 5.69 Å². The summed E-state index contributed by atoms with van der Waals surface area (Å²) in [6.07, 6.45) is 4.35. The van der Waals surface area contributed by atoms with Crippen molar-refractivity contribution in [1.29, 1.82) is 0 Å². The minimum absolute atomic E-state index is 0.0184. The number of amides is 1. The zero-order chi connectivity index (χ0) is 15.8. The third-order valence-electron chi connectivity index (χ3n) is 3.97. The fourth-order valence-electron chi connectivity index (χ4n) is 2.81. The second kappa shape index (κ2) is 5.52. The van der Waals surface area contributed by atoms with Gasteiger partial charge in [-0.2, -0.15) is 0 Å². The summed E-state index contributed by atoms with van der Waals surface area (Å²) >= 11 is 1.67. The molecule has 1 aromatic carbocycles. The molecule has 0 radical (unpaired) electrons. The lowest BCUT2D eigenvalue weighted by atomic mass is 9.97. The van der Waals surface area contributed by atoms with Crippen molar-refractivity contribution in [2.75, 3.05) is 12.3 Å². The van der Waals surface area contributed by atoms with Crippen LogP contribution in [-0.4, -0.2) is 17.4 Å². The van der Waals surface area contributed by atoms with Crippen LogP contribution in [0.2, 0.25) is 0 Å². The number of carbonyl (C=O) groups is 1. The average Bonchev–Trinajstić information content (AvgIpc) is 3.05. The maximum absolute atomic E-state index is 12.0. The summed E-state index contributed by atoms with van der Waals surface area (Å²) in [4.78, 5) is 18.4. The van der Waals surface area contributed by atoms with Crippen molar-refractivity contribution in [3.8, 4) is 20.9 Å². The molecule has 4 nitrogen and oxygen atoms in total. The molecule has 1 aliphatic rings. The topological polar surface area (TPSA) is 68.0 Å². The predicted octanol–water partition coefficient (Wildman–Crippen LogP) is 3.35. The van der Waals surface area contributed by atoms with Gasteiger partial charge in [0.1, 0.15) is 0 Å². The van der Waals surface area contributed by atoms with E-state index in [4.69, 9.17) is 5.73 Å². The molecule has 4 rings (SSSR count). The van der Waals surface area contributed by atoms with Crippen LogP contribution >= 0.6 is 11.3 Å². The van der Waals surface area contributed by atoms with Crippen LogP contribution in [0, 0.1) is 0 Å². The van der Waals surface area contributed by atoms with Crippen molar-refractivity contribution in [2.24, 2.45) is 0 Å². The number of nitrogen functional groups attached to an aromatic ring is 1. The van der Waals surface area contributed by atoms with Crippen LogP contribution in [0.25, 0.3) is 20.9 Å². The number of rotatable bonds is 2. The van der Waals surface area contributed by atoms with Gasteiger partial charge in [-0.15, -0.1) is 11.3 Å². The van der Waals surface area contributed by atoms with Gasteiger partial charge >= 0.3 is 0 Å². The lowest BCUT2D eigenvalue weighted by molar-refractivity contribution is 0.0946. The maximum atomic E-state index is 12.0. The number of nitrogens with zero attached hydrogens (tertiary/aromatic N) is 1. The lowest BCUT2D eigenvalue weighted by Crippen LogP contribution is -2.31. The van der Waals surface area contributed by atoms with Gasteiger partial charge in [0, 0.05) is 39.8 Å². The van der Waals surface area contributed by atoms with Crippen LogP contribution in [0.4, 0.5) is 5.69 Å². The minimum Gasteiger partial charge on any atom is -0.397 e. The Kier molecular flexibility index (Phi) is 3.35. The van der Waals surface area contributed by atoms with Crippen LogP contribution in [0.3, 0.4) is 0 Å². The molecule has 0 spiro atoms. The first-order chi connectivity index (χ1) is 11.2. The van der Waals surface area contributed by atoms with E-state index < -0.39 is 0 Å². The Morgan fingerprint density at radius 2 is 1.87 bits per heavy atom. The second-order valence-electron chi connectivity index (χ2n) is 5.55. The van der Waals surface area contributed by atoms with Gasteiger partial charge in [-0.3, -0.25) is 9.78 Å². The molecule has 114 valence electrons. The SMILES string of the molecule is Nc1cncc(-c2ccc(-c3ccc4c(c3)C(=O)NCC4)s2)c1. The molecular formula is C18H15N3OS. The summed E-state index contributed by atoms with van der Waals surface area (Å²) in [6, 6.07) is 12.2. The quantitative estimate of drug-likeness (QED) is 0.760. The maximum Gasteiger partial charge on any atom is 0.251 e. The first kappa shape index (κ1) is 14.0. The summed E-state index contributed by atoms with van der Waals surface area (Å²) in [6.45, 7) is 0.719. The number of hydrogen-bond donors (Lipinski definition) is 2. The van der Waals surface area contributed by atoms with Crippen molar-refractivity contribution < 1.29 is 4.79 Å². The number of aromatic nitrogens is 1. The van der Waals surface area contributed by atoms with Crippen LogP contribution in [0.1, 0.15) is 15.9 Å². The number of nitrogens with one attached hydrogen (secondary N) is 1. The minimum atomic E-state index is 0.0184. The highest BCUT2D eigenvalue weighted by Crippen LogP contribution is 2.35. The third kappa shape index (κ3) is 2.59. The Hall–Kier alpha value is -2.66. The predicted molar refractivity (Wildman–Crippen MR) is 93.4 cm³/mol. The van der Waals surface area contributed by atoms with Gasteiger partial charge in [0.15, 0.2) is 0 Å². The van der Waals surface area contributed by atoms with E-state index in [2.05, 4.69) is 34.6 Å². The van der Waals surface area contributed by atoms with E-state index in [1.54, 1.807) is 17.5 Å². The zero-order valence-corrected chi connectivity index (χ0v) is 13.2. The second-order valence-corrected chi connectivity index (χ2v) is 6.63. The third-order valence-corrected chi connectivity index (χ3v) is 5.15. The highest BCUT2D eigenvalue weighted by molar-refractivity contribution is 7.18. The number of anilines is 1. The van der Waals surface area contributed by atoms with Gasteiger partial charge in [-0.1, -0.05) is 12.1 Å². The number of benzene rings is 1. The van der Waals surface area contributed by atoms with Crippen molar-refractivity contribution in [3.05, 3.63) is 59.9 Å². The molecule has 0 bridgehead atoms. The Bertz CT molecular complexity index is 901. The molecule has 0 unspecified atom stereocenters. The summed E-state index contributed by atoms with van der Waals surface area (Å²) in [5, 5.41) is 2.90. The molecule has 0 aliphatic carbocycles. The molecule has 1 aliphatic heterocycles. The largest absolute Gasteiger partial charge is 0.397 e. The van der Waals surface area contributed by atoms with Crippen molar-refractivity contribution in [3.63, 3.8) is 0 Å². The molecule has 0 saturated carbocycles. The highest BCUT2D eigenvalue weighted by Gasteiger charge is 2.17. The summed E-state index contributed by atoms with van der Waals surface area (Å²) in [5.41, 5.74) is 10.4. The standard InChI is InChI=1S/C18H15N3OS/c19-14-7-13(9-20-10-14)17-4-3-16(23-17)12-2-1-11-5-6-21-18(22)15(11)8-12/h1-4,7-10H,5-6,19H2,(H,21,22). The Morgan fingerprint density at radius 1 is 1.04 bits per heavy atom. The van der Waals surface area contributed by atoms with E-state index in [-0.39, 0.29) is 5.91 Å². The molecule has 2 aromatic heterocycles. The van der Waals surface area contributed by atoms with Crippen LogP contribution in [-0.2, 0) is 6.42 Å². The van der Waals surface area contributed by atoms with E-state index in [1.807, 2.05) is 18.3 Å². The number of nitrogens with two attached hydrogens (primary N) is 1. The van der Waals surface area contributed by atoms with E-state index in [1.165, 1.54) is 0 Å². The molecule has 23 heavy (non-hydrogen) atoms. The van der Waals surface area contributed by atoms with Gasteiger partial charge in [0.2, 0.25) is 0 Å². The summed E-state index contributed by atoms with van der Waals surface area (Å²) in [7, 11) is 0. The lowest BCUT2D eigenvalue weighted by Gasteiger charge is -2.16. The Labute approximate surface area is 138 Å². The molecular weight excluding hydrogens is 306 g/mol. The molecule has 3 N–H and O–H groups in total. The van der Waals surface area contributed by atoms with Gasteiger partial charge in [-0.05, 0) is 41.8 Å². The summed E-state index contributed by atoms with van der Waals surface area (Å²) in [5.74, 6) is 0.0184. The highest BCUT2D eigenvalue weighted by atomic mass is 32.1. The number of carbonyl (C=O) groups excluding carboxylic acids is 1. The number of hydrogen-bond acceptors (Lipinski definition) is 4. The smallest absolute Gasteiger partial charge is 0.251 e. The molecule has 1 amide bonds. The number of thiophene rings is 1. The monoisotopic (exact) mass is 321 g/mol. The van der Waals surface area contributed by atoms with Crippen molar-refractivity contribution in [1.82, 2.24) is 10.3 Å². The fourth-order valence-corrected chi connectivity index (χ4v) is 3.79.